The summed E-state index contributed by atoms with van der Waals surface area (Å²) in [7, 11) is 1.60. The molecule has 1 unspecified atom stereocenters. The predicted molar refractivity (Wildman–Crippen MR) is 117 cm³/mol. The van der Waals surface area contributed by atoms with Gasteiger partial charge < -0.3 is 19.7 Å². The zero-order chi connectivity index (χ0) is 22.5. The first-order valence-electron chi connectivity index (χ1n) is 10.7. The minimum Gasteiger partial charge on any atom is -0.497 e. The molecule has 168 valence electrons. The maximum Gasteiger partial charge on any atom is 0.324 e. The summed E-state index contributed by atoms with van der Waals surface area (Å²) in [4.78, 5) is 40.9. The van der Waals surface area contributed by atoms with E-state index in [1.807, 2.05) is 54.6 Å². The molecular weight excluding hydrogens is 410 g/mol. The van der Waals surface area contributed by atoms with Gasteiger partial charge in [-0.1, -0.05) is 42.5 Å². The Kier molecular flexibility index (Phi) is 6.70. The van der Waals surface area contributed by atoms with Crippen molar-refractivity contribution in [1.82, 2.24) is 15.1 Å². The molecule has 2 aromatic carbocycles. The summed E-state index contributed by atoms with van der Waals surface area (Å²) in [5.41, 5.74) is 2.01. The van der Waals surface area contributed by atoms with E-state index in [0.29, 0.717) is 26.1 Å². The van der Waals surface area contributed by atoms with Crippen LogP contribution in [0.3, 0.4) is 0 Å². The highest BCUT2D eigenvalue weighted by atomic mass is 16.5. The zero-order valence-electron chi connectivity index (χ0n) is 18.0. The zero-order valence-corrected chi connectivity index (χ0v) is 18.0. The third kappa shape index (κ3) is 4.91. The Hall–Kier alpha value is -3.39. The summed E-state index contributed by atoms with van der Waals surface area (Å²) < 4.78 is 11.0. The molecule has 4 amide bonds. The average molecular weight is 437 g/mol. The highest BCUT2D eigenvalue weighted by Gasteiger charge is 2.40. The lowest BCUT2D eigenvalue weighted by atomic mass is 10.1. The molecule has 2 atom stereocenters. The molecule has 0 spiro atoms. The molecule has 0 saturated carbocycles. The van der Waals surface area contributed by atoms with Gasteiger partial charge in [0.15, 0.2) is 0 Å². The van der Waals surface area contributed by atoms with Crippen molar-refractivity contribution in [2.24, 2.45) is 0 Å². The van der Waals surface area contributed by atoms with Crippen LogP contribution in [0.1, 0.15) is 23.7 Å². The fourth-order valence-electron chi connectivity index (χ4n) is 4.01. The molecule has 2 aliphatic rings. The number of hydrogen-bond donors (Lipinski definition) is 1. The van der Waals surface area contributed by atoms with E-state index in [2.05, 4.69) is 5.32 Å². The van der Waals surface area contributed by atoms with Gasteiger partial charge in [0.25, 0.3) is 5.91 Å². The molecule has 4 rings (SSSR count). The molecule has 0 aliphatic carbocycles. The second-order valence-electron chi connectivity index (χ2n) is 7.90. The first-order valence-corrected chi connectivity index (χ1v) is 10.7. The summed E-state index contributed by atoms with van der Waals surface area (Å²) in [6.07, 6.45) is 0.292. The number of ether oxygens (including phenoxy) is 2. The molecule has 0 aromatic heterocycles. The van der Waals surface area contributed by atoms with E-state index in [4.69, 9.17) is 9.47 Å². The number of urea groups is 1. The van der Waals surface area contributed by atoms with E-state index in [-0.39, 0.29) is 30.9 Å². The van der Waals surface area contributed by atoms with Crippen LogP contribution >= 0.6 is 0 Å². The van der Waals surface area contributed by atoms with E-state index in [0.717, 1.165) is 16.9 Å². The normalized spacial score (nSPS) is 20.9. The van der Waals surface area contributed by atoms with E-state index >= 15 is 0 Å². The second-order valence-corrected chi connectivity index (χ2v) is 7.90. The fraction of sp³-hybridized carbons (Fsp3) is 0.375. The van der Waals surface area contributed by atoms with Crippen LogP contribution in [0.4, 0.5) is 4.79 Å². The fourth-order valence-corrected chi connectivity index (χ4v) is 4.01. The Labute approximate surface area is 187 Å². The van der Waals surface area contributed by atoms with Crippen molar-refractivity contribution >= 4 is 17.8 Å². The Morgan fingerprint density at radius 3 is 2.59 bits per heavy atom. The lowest BCUT2D eigenvalue weighted by molar-refractivity contribution is -0.141. The summed E-state index contributed by atoms with van der Waals surface area (Å²) in [5.74, 6) is 0.231. The maximum atomic E-state index is 12.9. The molecule has 2 heterocycles. The summed E-state index contributed by atoms with van der Waals surface area (Å²) in [6.45, 7) is 1.59. The van der Waals surface area contributed by atoms with Crippen LogP contribution in [-0.4, -0.2) is 67.0 Å². The Morgan fingerprint density at radius 2 is 1.88 bits per heavy atom. The molecule has 2 aliphatic heterocycles. The molecule has 32 heavy (non-hydrogen) atoms. The number of benzene rings is 2. The number of nitrogens with one attached hydrogen (secondary N) is 1. The Bertz CT molecular complexity index is 963. The number of nitrogens with zero attached hydrogens (tertiary/aromatic N) is 2. The lowest BCUT2D eigenvalue weighted by Gasteiger charge is -2.33. The van der Waals surface area contributed by atoms with Crippen LogP contribution in [0, 0.1) is 0 Å². The molecule has 8 heteroatoms. The number of imide groups is 1. The van der Waals surface area contributed by atoms with Crippen LogP contribution in [0.25, 0.3) is 0 Å². The van der Waals surface area contributed by atoms with Gasteiger partial charge in [-0.3, -0.25) is 14.5 Å². The minimum atomic E-state index is -0.830. The summed E-state index contributed by atoms with van der Waals surface area (Å²) in [6, 6.07) is 16.0. The van der Waals surface area contributed by atoms with Gasteiger partial charge in [0.1, 0.15) is 17.9 Å². The van der Waals surface area contributed by atoms with Gasteiger partial charge in [0.2, 0.25) is 5.91 Å². The highest BCUT2D eigenvalue weighted by Crippen LogP contribution is 2.23. The largest absolute Gasteiger partial charge is 0.497 e. The standard InChI is InChI=1S/C24H27N3O5/c1-31-19-9-7-17(8-10-19)11-12-27-23(29)20(25-24(27)30)15-22(28)26-13-14-32-21(16-26)18-5-3-2-4-6-18/h2-10,20-21H,11-16H2,1H3,(H,25,30)/t20-,21?/m0/s1. The molecule has 2 aromatic rings. The van der Waals surface area contributed by atoms with E-state index < -0.39 is 12.1 Å². The van der Waals surface area contributed by atoms with Gasteiger partial charge in [-0.05, 0) is 29.7 Å². The summed E-state index contributed by atoms with van der Waals surface area (Å²) >= 11 is 0. The van der Waals surface area contributed by atoms with Crippen molar-refractivity contribution in [2.75, 3.05) is 33.4 Å². The molecule has 2 fully saturated rings. The van der Waals surface area contributed by atoms with Gasteiger partial charge in [-0.2, -0.15) is 0 Å². The quantitative estimate of drug-likeness (QED) is 0.671. The first-order chi connectivity index (χ1) is 15.5. The van der Waals surface area contributed by atoms with Gasteiger partial charge in [0.05, 0.1) is 26.7 Å². The van der Waals surface area contributed by atoms with Crippen LogP contribution in [-0.2, 0) is 20.7 Å². The van der Waals surface area contributed by atoms with Gasteiger partial charge >= 0.3 is 6.03 Å². The Morgan fingerprint density at radius 1 is 1.12 bits per heavy atom. The third-order valence-electron chi connectivity index (χ3n) is 5.86. The monoisotopic (exact) mass is 437 g/mol. The number of hydrogen-bond acceptors (Lipinski definition) is 5. The van der Waals surface area contributed by atoms with Crippen molar-refractivity contribution in [3.63, 3.8) is 0 Å². The highest BCUT2D eigenvalue weighted by molar-refractivity contribution is 6.05. The summed E-state index contributed by atoms with van der Waals surface area (Å²) in [5, 5.41) is 2.66. The van der Waals surface area contributed by atoms with E-state index in [9.17, 15) is 14.4 Å². The Balaban J connectivity index is 1.31. The topological polar surface area (TPSA) is 88.2 Å². The number of rotatable bonds is 7. The smallest absolute Gasteiger partial charge is 0.324 e. The van der Waals surface area contributed by atoms with Crippen LogP contribution in [0.5, 0.6) is 5.75 Å². The molecule has 0 radical (unpaired) electrons. The van der Waals surface area contributed by atoms with Crippen molar-refractivity contribution in [3.8, 4) is 5.75 Å². The molecular formula is C24H27N3O5. The van der Waals surface area contributed by atoms with Crippen molar-refractivity contribution < 1.29 is 23.9 Å². The van der Waals surface area contributed by atoms with Crippen LogP contribution < -0.4 is 10.1 Å². The maximum absolute atomic E-state index is 12.9. The number of amides is 4. The lowest BCUT2D eigenvalue weighted by Crippen LogP contribution is -2.45. The van der Waals surface area contributed by atoms with Crippen LogP contribution in [0.15, 0.2) is 54.6 Å². The SMILES string of the molecule is COc1ccc(CCN2C(=O)N[C@@H](CC(=O)N3CCOC(c4ccccc4)C3)C2=O)cc1. The predicted octanol–water partition coefficient (Wildman–Crippen LogP) is 2.15. The molecule has 1 N–H and O–H groups in total. The third-order valence-corrected chi connectivity index (χ3v) is 5.86. The van der Waals surface area contributed by atoms with Gasteiger partial charge in [-0.25, -0.2) is 4.79 Å². The van der Waals surface area contributed by atoms with Crippen LogP contribution in [0.2, 0.25) is 0 Å². The number of carbonyl (C=O) groups is 3. The van der Waals surface area contributed by atoms with E-state index in [1.54, 1.807) is 12.0 Å². The number of methoxy groups -OCH3 is 1. The van der Waals surface area contributed by atoms with Gasteiger partial charge in [0, 0.05) is 13.1 Å². The van der Waals surface area contributed by atoms with E-state index in [1.165, 1.54) is 4.90 Å². The van der Waals surface area contributed by atoms with Crippen molar-refractivity contribution in [2.45, 2.75) is 25.0 Å². The number of morpholine rings is 1. The van der Waals surface area contributed by atoms with Crippen molar-refractivity contribution in [1.29, 1.82) is 0 Å². The second kappa shape index (κ2) is 9.82. The van der Waals surface area contributed by atoms with Gasteiger partial charge in [-0.15, -0.1) is 0 Å². The molecule has 0 bridgehead atoms. The minimum absolute atomic E-state index is 0.0505. The first kappa shape index (κ1) is 21.8. The number of carbonyl (C=O) groups excluding carboxylic acids is 3. The average Bonchev–Trinajstić information content (AvgIpc) is 3.10. The van der Waals surface area contributed by atoms with Crippen molar-refractivity contribution in [3.05, 3.63) is 65.7 Å². The molecule has 2 saturated heterocycles. The molecule has 8 nitrogen and oxygen atoms in total.